The van der Waals surface area contributed by atoms with E-state index < -0.39 is 22.3 Å². The summed E-state index contributed by atoms with van der Waals surface area (Å²) in [7, 11) is 0. The molecular weight excluding hydrogens is 660 g/mol. The molecule has 262 valence electrons. The van der Waals surface area contributed by atoms with Crippen LogP contribution in [0.15, 0.2) is 121 Å². The van der Waals surface area contributed by atoms with Crippen LogP contribution in [0.1, 0.15) is 40.4 Å². The third-order valence-corrected chi connectivity index (χ3v) is 9.87. The number of non-ortho nitro benzene ring substituents is 1. The molecule has 52 heavy (non-hydrogen) atoms. The van der Waals surface area contributed by atoms with Crippen LogP contribution in [0, 0.1) is 16.0 Å². The summed E-state index contributed by atoms with van der Waals surface area (Å²) >= 11 is 0. The van der Waals surface area contributed by atoms with E-state index in [9.17, 15) is 34.7 Å². The van der Waals surface area contributed by atoms with Gasteiger partial charge in [0.25, 0.3) is 17.5 Å². The Bertz CT molecular complexity index is 2230. The lowest BCUT2D eigenvalue weighted by Gasteiger charge is -2.28. The molecule has 0 unspecified atom stereocenters. The van der Waals surface area contributed by atoms with E-state index in [2.05, 4.69) is 0 Å². The van der Waals surface area contributed by atoms with Crippen molar-refractivity contribution in [3.05, 3.63) is 154 Å². The van der Waals surface area contributed by atoms with Crippen LogP contribution in [-0.4, -0.2) is 50.9 Å². The Morgan fingerprint density at radius 2 is 1.65 bits per heavy atom. The monoisotopic (exact) mass is 696 g/mol. The second kappa shape index (κ2) is 13.9. The molecule has 11 heteroatoms. The molecule has 7 rings (SSSR count). The summed E-state index contributed by atoms with van der Waals surface area (Å²) in [5.41, 5.74) is 1.73. The summed E-state index contributed by atoms with van der Waals surface area (Å²) in [6.07, 6.45) is 3.10. The second-order valence-corrected chi connectivity index (χ2v) is 13.0. The van der Waals surface area contributed by atoms with E-state index in [-0.39, 0.29) is 49.2 Å². The SMILES string of the molecule is C[C@H](/C=C/CC(=O)N(CCO)Cc1ccccc1)[C@@]1(O)C(=O)N(Cc2ccc(N3C(=O)c4cccc5cccc3c45)cc2)c2ccc([N+](=O)[O-])cc21. The number of hydrogen-bond acceptors (Lipinski definition) is 7. The zero-order chi connectivity index (χ0) is 36.6. The molecule has 3 amide bonds. The van der Waals surface area contributed by atoms with Gasteiger partial charge in [0.2, 0.25) is 5.91 Å². The van der Waals surface area contributed by atoms with Gasteiger partial charge < -0.3 is 20.0 Å². The minimum Gasteiger partial charge on any atom is -0.395 e. The molecule has 0 saturated heterocycles. The predicted molar refractivity (Wildman–Crippen MR) is 197 cm³/mol. The standard InChI is InChI=1S/C41H36N4O7/c1-27(8-5-15-37(47)42(22-23-46)25-28-9-3-2-4-10-28)41(50)34-24-32(45(51)52)20-21-35(34)43(40(41)49)26-29-16-18-31(19-17-29)44-36-14-7-12-30-11-6-13-33(38(30)36)39(44)48/h2-14,16-21,24,27,46,50H,15,22-23,25-26H2,1H3/b8-5+/t27-,41+/m1/s1. The lowest BCUT2D eigenvalue weighted by atomic mass is 9.82. The molecule has 5 aromatic carbocycles. The van der Waals surface area contributed by atoms with Crippen LogP contribution >= 0.6 is 0 Å². The molecule has 0 aliphatic carbocycles. The highest BCUT2D eigenvalue weighted by molar-refractivity contribution is 6.27. The summed E-state index contributed by atoms with van der Waals surface area (Å²) < 4.78 is 0. The van der Waals surface area contributed by atoms with Crippen molar-refractivity contribution < 1.29 is 29.5 Å². The normalized spacial score (nSPS) is 16.9. The number of aliphatic hydroxyl groups is 2. The van der Waals surface area contributed by atoms with Crippen LogP contribution in [0.25, 0.3) is 10.8 Å². The number of rotatable bonds is 12. The number of benzene rings is 5. The van der Waals surface area contributed by atoms with Crippen molar-refractivity contribution in [1.82, 2.24) is 4.90 Å². The Morgan fingerprint density at radius 1 is 0.923 bits per heavy atom. The highest BCUT2D eigenvalue weighted by atomic mass is 16.6. The Hall–Kier alpha value is -6.17. The Labute approximate surface area is 299 Å². The first kappa shape index (κ1) is 34.3. The number of amides is 3. The van der Waals surface area contributed by atoms with E-state index in [1.165, 1.54) is 28.0 Å². The first-order valence-electron chi connectivity index (χ1n) is 17.0. The van der Waals surface area contributed by atoms with Crippen molar-refractivity contribution in [2.45, 2.75) is 32.0 Å². The highest BCUT2D eigenvalue weighted by Gasteiger charge is 2.53. The number of anilines is 3. The minimum absolute atomic E-state index is 0.0432. The first-order chi connectivity index (χ1) is 25.1. The molecule has 2 N–H and O–H groups in total. The maximum atomic E-state index is 14.2. The second-order valence-electron chi connectivity index (χ2n) is 13.0. The van der Waals surface area contributed by atoms with Gasteiger partial charge in [0.15, 0.2) is 5.60 Å². The molecule has 0 saturated carbocycles. The van der Waals surface area contributed by atoms with E-state index >= 15 is 0 Å². The van der Waals surface area contributed by atoms with Crippen molar-refractivity contribution in [1.29, 1.82) is 0 Å². The average molecular weight is 697 g/mol. The van der Waals surface area contributed by atoms with Gasteiger partial charge in [-0.05, 0) is 46.8 Å². The topological polar surface area (TPSA) is 145 Å². The number of nitrogens with zero attached hydrogens (tertiary/aromatic N) is 4. The minimum atomic E-state index is -2.15. The van der Waals surface area contributed by atoms with Crippen LogP contribution in [0.5, 0.6) is 0 Å². The average Bonchev–Trinajstić information content (AvgIpc) is 3.56. The molecular formula is C41H36N4O7. The molecule has 2 aliphatic heterocycles. The van der Waals surface area contributed by atoms with E-state index in [4.69, 9.17) is 0 Å². The molecule has 0 spiro atoms. The highest BCUT2D eigenvalue weighted by Crippen LogP contribution is 2.47. The number of nitro benzene ring substituents is 1. The van der Waals surface area contributed by atoms with Gasteiger partial charge >= 0.3 is 0 Å². The molecule has 0 aromatic heterocycles. The van der Waals surface area contributed by atoms with Gasteiger partial charge in [-0.15, -0.1) is 0 Å². The van der Waals surface area contributed by atoms with E-state index in [1.54, 1.807) is 24.0 Å². The van der Waals surface area contributed by atoms with Gasteiger partial charge in [-0.1, -0.05) is 85.8 Å². The van der Waals surface area contributed by atoms with E-state index in [0.29, 0.717) is 29.0 Å². The van der Waals surface area contributed by atoms with Gasteiger partial charge in [0.1, 0.15) is 0 Å². The summed E-state index contributed by atoms with van der Waals surface area (Å²) in [5.74, 6) is -1.90. The van der Waals surface area contributed by atoms with Crippen LogP contribution < -0.4 is 9.80 Å². The molecule has 5 aromatic rings. The Balaban J connectivity index is 1.12. The fourth-order valence-corrected chi connectivity index (χ4v) is 7.17. The van der Waals surface area contributed by atoms with Gasteiger partial charge in [0, 0.05) is 54.2 Å². The molecule has 2 atom stereocenters. The van der Waals surface area contributed by atoms with Crippen molar-refractivity contribution >= 4 is 51.2 Å². The third-order valence-electron chi connectivity index (χ3n) is 9.87. The first-order valence-corrected chi connectivity index (χ1v) is 17.0. The lowest BCUT2D eigenvalue weighted by molar-refractivity contribution is -0.385. The molecule has 0 fully saturated rings. The maximum absolute atomic E-state index is 14.2. The zero-order valence-corrected chi connectivity index (χ0v) is 28.4. The summed E-state index contributed by atoms with van der Waals surface area (Å²) in [6.45, 7) is 1.94. The van der Waals surface area contributed by atoms with Crippen molar-refractivity contribution in [2.24, 2.45) is 5.92 Å². The zero-order valence-electron chi connectivity index (χ0n) is 28.4. The predicted octanol–water partition coefficient (Wildman–Crippen LogP) is 6.38. The summed E-state index contributed by atoms with van der Waals surface area (Å²) in [4.78, 5) is 56.5. The van der Waals surface area contributed by atoms with Gasteiger partial charge in [-0.25, -0.2) is 0 Å². The maximum Gasteiger partial charge on any atom is 0.269 e. The lowest BCUT2D eigenvalue weighted by Crippen LogP contribution is -2.44. The van der Waals surface area contributed by atoms with Crippen molar-refractivity contribution in [3.63, 3.8) is 0 Å². The number of hydrogen-bond donors (Lipinski definition) is 2. The summed E-state index contributed by atoms with van der Waals surface area (Å²) in [5, 5.41) is 35.3. The van der Waals surface area contributed by atoms with E-state index in [1.807, 2.05) is 91.0 Å². The number of fused-ring (bicyclic) bond motifs is 1. The van der Waals surface area contributed by atoms with Crippen LogP contribution in [0.3, 0.4) is 0 Å². The number of aliphatic hydroxyl groups excluding tert-OH is 1. The smallest absolute Gasteiger partial charge is 0.269 e. The number of carbonyl (C=O) groups excluding carboxylic acids is 3. The van der Waals surface area contributed by atoms with Gasteiger partial charge in [-0.3, -0.25) is 29.4 Å². The molecule has 2 aliphatic rings. The molecule has 0 bridgehead atoms. The number of carbonyl (C=O) groups is 3. The quantitative estimate of drug-likeness (QED) is 0.0876. The number of nitro groups is 1. The van der Waals surface area contributed by atoms with Crippen LogP contribution in [0.2, 0.25) is 0 Å². The summed E-state index contributed by atoms with van der Waals surface area (Å²) in [6, 6.07) is 32.1. The van der Waals surface area contributed by atoms with Gasteiger partial charge in [-0.2, -0.15) is 0 Å². The molecule has 2 heterocycles. The fraction of sp³-hybridized carbons (Fsp3) is 0.195. The third kappa shape index (κ3) is 5.99. The fourth-order valence-electron chi connectivity index (χ4n) is 7.17. The largest absolute Gasteiger partial charge is 0.395 e. The van der Waals surface area contributed by atoms with E-state index in [0.717, 1.165) is 22.0 Å². The van der Waals surface area contributed by atoms with Crippen LogP contribution in [0.4, 0.5) is 22.7 Å². The Kier molecular flexibility index (Phi) is 9.14. The van der Waals surface area contributed by atoms with Crippen LogP contribution in [-0.2, 0) is 28.3 Å². The van der Waals surface area contributed by atoms with Crippen molar-refractivity contribution in [3.8, 4) is 0 Å². The molecule has 11 nitrogen and oxygen atoms in total. The van der Waals surface area contributed by atoms with Crippen molar-refractivity contribution in [2.75, 3.05) is 23.0 Å². The van der Waals surface area contributed by atoms with Gasteiger partial charge in [0.05, 0.1) is 35.0 Å². The molecule has 0 radical (unpaired) electrons. The Morgan fingerprint density at radius 3 is 2.37 bits per heavy atom.